The zero-order valence-electron chi connectivity index (χ0n) is 13.0. The first kappa shape index (κ1) is 16.5. The quantitative estimate of drug-likeness (QED) is 0.797. The SMILES string of the molecule is CNCCCNC(=O)c1nc(-n2nc(C)cc2C)ccc1Cl. The number of aromatic nitrogens is 3. The predicted octanol–water partition coefficient (Wildman–Crippen LogP) is 1.88. The van der Waals surface area contributed by atoms with E-state index in [2.05, 4.69) is 20.7 Å². The summed E-state index contributed by atoms with van der Waals surface area (Å²) < 4.78 is 1.70. The molecule has 7 heteroatoms. The van der Waals surface area contributed by atoms with Crippen molar-refractivity contribution in [2.24, 2.45) is 0 Å². The molecule has 0 aliphatic heterocycles. The van der Waals surface area contributed by atoms with E-state index in [9.17, 15) is 4.79 Å². The maximum atomic E-state index is 12.2. The lowest BCUT2D eigenvalue weighted by molar-refractivity contribution is 0.0948. The Labute approximate surface area is 134 Å². The number of hydrogen-bond acceptors (Lipinski definition) is 4. The van der Waals surface area contributed by atoms with Gasteiger partial charge in [0.25, 0.3) is 5.91 Å². The van der Waals surface area contributed by atoms with E-state index in [1.807, 2.05) is 27.0 Å². The maximum absolute atomic E-state index is 12.2. The third-order valence-corrected chi connectivity index (χ3v) is 3.47. The fraction of sp³-hybridized carbons (Fsp3) is 0.400. The van der Waals surface area contributed by atoms with E-state index in [0.29, 0.717) is 17.4 Å². The fourth-order valence-corrected chi connectivity index (χ4v) is 2.31. The molecule has 0 unspecified atom stereocenters. The van der Waals surface area contributed by atoms with Crippen molar-refractivity contribution >= 4 is 17.5 Å². The van der Waals surface area contributed by atoms with Crippen LogP contribution >= 0.6 is 11.6 Å². The summed E-state index contributed by atoms with van der Waals surface area (Å²) in [6.45, 7) is 5.26. The standard InChI is InChI=1S/C15H20ClN5O/c1-10-9-11(2)21(20-10)13-6-5-12(16)14(19-13)15(22)18-8-4-7-17-3/h5-6,9,17H,4,7-8H2,1-3H3,(H,18,22). The summed E-state index contributed by atoms with van der Waals surface area (Å²) in [7, 11) is 1.87. The van der Waals surface area contributed by atoms with Gasteiger partial charge in [-0.25, -0.2) is 9.67 Å². The molecular formula is C15H20ClN5O. The second-order valence-corrected chi connectivity index (χ2v) is 5.46. The zero-order valence-corrected chi connectivity index (χ0v) is 13.7. The number of rotatable bonds is 6. The van der Waals surface area contributed by atoms with Crippen molar-refractivity contribution in [1.82, 2.24) is 25.4 Å². The first-order valence-electron chi connectivity index (χ1n) is 7.16. The lowest BCUT2D eigenvalue weighted by atomic mass is 10.3. The smallest absolute Gasteiger partial charge is 0.271 e. The molecular weight excluding hydrogens is 302 g/mol. The van der Waals surface area contributed by atoms with Crippen molar-refractivity contribution in [3.8, 4) is 5.82 Å². The number of pyridine rings is 1. The number of carbonyl (C=O) groups excluding carboxylic acids is 1. The molecule has 2 N–H and O–H groups in total. The average Bonchev–Trinajstić information content (AvgIpc) is 2.82. The Morgan fingerprint density at radius 3 is 2.73 bits per heavy atom. The minimum absolute atomic E-state index is 0.219. The minimum atomic E-state index is -0.274. The Hall–Kier alpha value is -1.92. The van der Waals surface area contributed by atoms with Crippen LogP contribution in [0.2, 0.25) is 5.02 Å². The van der Waals surface area contributed by atoms with Crippen LogP contribution in [0.25, 0.3) is 5.82 Å². The Balaban J connectivity index is 2.20. The van der Waals surface area contributed by atoms with Crippen LogP contribution in [0.1, 0.15) is 28.3 Å². The van der Waals surface area contributed by atoms with Crippen LogP contribution in [0.15, 0.2) is 18.2 Å². The molecule has 0 radical (unpaired) electrons. The predicted molar refractivity (Wildman–Crippen MR) is 86.7 cm³/mol. The number of aryl methyl sites for hydroxylation is 2. The van der Waals surface area contributed by atoms with Crippen molar-refractivity contribution in [2.75, 3.05) is 20.1 Å². The molecule has 0 aliphatic carbocycles. The van der Waals surface area contributed by atoms with Crippen LogP contribution in [0.4, 0.5) is 0 Å². The summed E-state index contributed by atoms with van der Waals surface area (Å²) >= 11 is 6.10. The van der Waals surface area contributed by atoms with Crippen molar-refractivity contribution in [2.45, 2.75) is 20.3 Å². The van der Waals surface area contributed by atoms with E-state index >= 15 is 0 Å². The second-order valence-electron chi connectivity index (χ2n) is 5.05. The van der Waals surface area contributed by atoms with Gasteiger partial charge in [0.2, 0.25) is 0 Å². The van der Waals surface area contributed by atoms with Crippen LogP contribution in [-0.4, -0.2) is 40.8 Å². The van der Waals surface area contributed by atoms with E-state index in [1.54, 1.807) is 16.8 Å². The van der Waals surface area contributed by atoms with E-state index in [0.717, 1.165) is 24.4 Å². The van der Waals surface area contributed by atoms with Gasteiger partial charge in [0.1, 0.15) is 5.69 Å². The molecule has 1 amide bonds. The van der Waals surface area contributed by atoms with Crippen LogP contribution in [0, 0.1) is 13.8 Å². The number of nitrogens with one attached hydrogen (secondary N) is 2. The van der Waals surface area contributed by atoms with Gasteiger partial charge in [-0.2, -0.15) is 5.10 Å². The topological polar surface area (TPSA) is 71.8 Å². The van der Waals surface area contributed by atoms with E-state index < -0.39 is 0 Å². The van der Waals surface area contributed by atoms with Gasteiger partial charge < -0.3 is 10.6 Å². The molecule has 0 aliphatic rings. The number of nitrogens with zero attached hydrogens (tertiary/aromatic N) is 3. The lowest BCUT2D eigenvalue weighted by Crippen LogP contribution is -2.28. The van der Waals surface area contributed by atoms with Gasteiger partial charge >= 0.3 is 0 Å². The summed E-state index contributed by atoms with van der Waals surface area (Å²) in [5, 5.41) is 10.5. The Kier molecular flexibility index (Phi) is 5.51. The Bertz CT molecular complexity index is 668. The van der Waals surface area contributed by atoms with Crippen LogP contribution in [0.5, 0.6) is 0 Å². The molecule has 118 valence electrons. The number of carbonyl (C=O) groups is 1. The van der Waals surface area contributed by atoms with Gasteiger partial charge in [0.05, 0.1) is 10.7 Å². The van der Waals surface area contributed by atoms with E-state index in [4.69, 9.17) is 11.6 Å². The molecule has 0 spiro atoms. The highest BCUT2D eigenvalue weighted by molar-refractivity contribution is 6.33. The highest BCUT2D eigenvalue weighted by Crippen LogP contribution is 2.17. The van der Waals surface area contributed by atoms with Gasteiger partial charge in [-0.1, -0.05) is 11.6 Å². The van der Waals surface area contributed by atoms with E-state index in [-0.39, 0.29) is 11.6 Å². The fourth-order valence-electron chi connectivity index (χ4n) is 2.12. The van der Waals surface area contributed by atoms with Gasteiger partial charge in [0.15, 0.2) is 5.82 Å². The van der Waals surface area contributed by atoms with Gasteiger partial charge in [-0.15, -0.1) is 0 Å². The molecule has 0 saturated carbocycles. The lowest BCUT2D eigenvalue weighted by Gasteiger charge is -2.09. The molecule has 22 heavy (non-hydrogen) atoms. The highest BCUT2D eigenvalue weighted by atomic mass is 35.5. The second kappa shape index (κ2) is 7.38. The van der Waals surface area contributed by atoms with Crippen LogP contribution in [-0.2, 0) is 0 Å². The summed E-state index contributed by atoms with van der Waals surface area (Å²) in [6.07, 6.45) is 0.844. The molecule has 2 aromatic rings. The van der Waals surface area contributed by atoms with Crippen LogP contribution < -0.4 is 10.6 Å². The average molecular weight is 322 g/mol. The maximum Gasteiger partial charge on any atom is 0.271 e. The third-order valence-electron chi connectivity index (χ3n) is 3.16. The van der Waals surface area contributed by atoms with Crippen molar-refractivity contribution in [1.29, 1.82) is 0 Å². The molecule has 0 fully saturated rings. The Morgan fingerprint density at radius 2 is 2.09 bits per heavy atom. The molecule has 2 aromatic heterocycles. The third kappa shape index (κ3) is 3.84. The molecule has 0 aromatic carbocycles. The van der Waals surface area contributed by atoms with Crippen molar-refractivity contribution in [3.63, 3.8) is 0 Å². The van der Waals surface area contributed by atoms with Crippen molar-refractivity contribution in [3.05, 3.63) is 40.3 Å². The number of hydrogen-bond donors (Lipinski definition) is 2. The minimum Gasteiger partial charge on any atom is -0.351 e. The van der Waals surface area contributed by atoms with Gasteiger partial charge in [-0.3, -0.25) is 4.79 Å². The summed E-state index contributed by atoms with van der Waals surface area (Å²) in [5.74, 6) is 0.305. The zero-order chi connectivity index (χ0) is 16.1. The summed E-state index contributed by atoms with van der Waals surface area (Å²) in [4.78, 5) is 16.6. The molecule has 0 atom stereocenters. The first-order chi connectivity index (χ1) is 10.5. The summed E-state index contributed by atoms with van der Waals surface area (Å²) in [5.41, 5.74) is 2.07. The highest BCUT2D eigenvalue weighted by Gasteiger charge is 2.14. The molecule has 0 saturated heterocycles. The first-order valence-corrected chi connectivity index (χ1v) is 7.53. The van der Waals surface area contributed by atoms with E-state index in [1.165, 1.54) is 0 Å². The van der Waals surface area contributed by atoms with Crippen LogP contribution in [0.3, 0.4) is 0 Å². The van der Waals surface area contributed by atoms with Crippen molar-refractivity contribution < 1.29 is 4.79 Å². The Morgan fingerprint density at radius 1 is 1.32 bits per heavy atom. The normalized spacial score (nSPS) is 10.7. The molecule has 2 rings (SSSR count). The number of amides is 1. The molecule has 0 bridgehead atoms. The number of halogens is 1. The molecule has 2 heterocycles. The largest absolute Gasteiger partial charge is 0.351 e. The van der Waals surface area contributed by atoms with Gasteiger partial charge in [0, 0.05) is 12.2 Å². The molecule has 6 nitrogen and oxygen atoms in total. The summed E-state index contributed by atoms with van der Waals surface area (Å²) in [6, 6.07) is 5.37. The van der Waals surface area contributed by atoms with Gasteiger partial charge in [-0.05, 0) is 52.1 Å². The monoisotopic (exact) mass is 321 g/mol.